The first-order valence-corrected chi connectivity index (χ1v) is 17.7. The second kappa shape index (κ2) is 11.2. The third-order valence-electron chi connectivity index (χ3n) is 10.7. The summed E-state index contributed by atoms with van der Waals surface area (Å²) in [5.74, 6) is 0. The van der Waals surface area contributed by atoms with Crippen molar-refractivity contribution in [2.45, 2.75) is 0 Å². The van der Waals surface area contributed by atoms with Gasteiger partial charge in [0.1, 0.15) is 0 Å². The minimum absolute atomic E-state index is 1.05. The standard InChI is InChI=1S/C48H30N4/c1-3-12-31(13-4-1)34-22-24-44-39(27-34)40-26-32-14-7-8-15-33(32)28-47(40)52(44)45-25-23-36(41-29-49-50-30-42(41)45)37-19-11-21-46-48(37)38-18-9-10-20-43(38)51(46)35-16-5-2-6-17-35/h1-30H. The van der Waals surface area contributed by atoms with Crippen LogP contribution in [-0.4, -0.2) is 19.3 Å². The normalized spacial score (nSPS) is 11.8. The molecule has 0 aliphatic carbocycles. The molecule has 0 atom stereocenters. The molecule has 0 amide bonds. The van der Waals surface area contributed by atoms with Gasteiger partial charge in [0, 0.05) is 38.0 Å². The topological polar surface area (TPSA) is 35.6 Å². The van der Waals surface area contributed by atoms with Crippen LogP contribution in [0.4, 0.5) is 0 Å². The highest BCUT2D eigenvalue weighted by Crippen LogP contribution is 2.43. The molecule has 0 N–H and O–H groups in total. The molecule has 0 spiro atoms. The summed E-state index contributed by atoms with van der Waals surface area (Å²) in [6.45, 7) is 0. The SMILES string of the molecule is c1ccc(-c2ccc3c(c2)c2cc4ccccc4cc2n3-c2ccc(-c3cccc4c3c3ccccc3n4-c3ccccc3)c3cnncc23)cc1. The van der Waals surface area contributed by atoms with E-state index >= 15 is 0 Å². The van der Waals surface area contributed by atoms with E-state index in [0.717, 1.165) is 38.7 Å². The maximum atomic E-state index is 4.47. The van der Waals surface area contributed by atoms with Gasteiger partial charge in [0.25, 0.3) is 0 Å². The van der Waals surface area contributed by atoms with Crippen LogP contribution in [0.3, 0.4) is 0 Å². The number of rotatable bonds is 4. The Morgan fingerprint density at radius 2 is 1.02 bits per heavy atom. The maximum absolute atomic E-state index is 4.47. The van der Waals surface area contributed by atoms with Crippen LogP contribution in [0.25, 0.3) is 98.8 Å². The summed E-state index contributed by atoms with van der Waals surface area (Å²) in [6.07, 6.45) is 3.86. The van der Waals surface area contributed by atoms with Crippen LogP contribution >= 0.6 is 0 Å². The minimum Gasteiger partial charge on any atom is -0.309 e. The lowest BCUT2D eigenvalue weighted by Crippen LogP contribution is -1.98. The lowest BCUT2D eigenvalue weighted by Gasteiger charge is -2.15. The third kappa shape index (κ3) is 4.21. The lowest BCUT2D eigenvalue weighted by molar-refractivity contribution is 1.05. The second-order valence-corrected chi connectivity index (χ2v) is 13.5. The van der Waals surface area contributed by atoms with Gasteiger partial charge in [0.05, 0.1) is 40.1 Å². The molecular weight excluding hydrogens is 633 g/mol. The molecule has 4 nitrogen and oxygen atoms in total. The summed E-state index contributed by atoms with van der Waals surface area (Å²) < 4.78 is 4.79. The highest BCUT2D eigenvalue weighted by Gasteiger charge is 2.21. The fraction of sp³-hybridized carbons (Fsp3) is 0. The number of para-hydroxylation sites is 2. The molecule has 3 aromatic heterocycles. The summed E-state index contributed by atoms with van der Waals surface area (Å²) in [6, 6.07) is 61.3. The van der Waals surface area contributed by atoms with Crippen molar-refractivity contribution in [3.05, 3.63) is 182 Å². The molecule has 0 aliphatic rings. The number of aromatic nitrogens is 4. The predicted molar refractivity (Wildman–Crippen MR) is 217 cm³/mol. The van der Waals surface area contributed by atoms with Gasteiger partial charge in [0.15, 0.2) is 0 Å². The summed E-state index contributed by atoms with van der Waals surface area (Å²) in [7, 11) is 0. The quantitative estimate of drug-likeness (QED) is 0.188. The van der Waals surface area contributed by atoms with Gasteiger partial charge in [-0.2, -0.15) is 10.2 Å². The average molecular weight is 663 g/mol. The monoisotopic (exact) mass is 662 g/mol. The molecule has 0 bridgehead atoms. The molecule has 0 radical (unpaired) electrons. The van der Waals surface area contributed by atoms with E-state index in [9.17, 15) is 0 Å². The van der Waals surface area contributed by atoms with Gasteiger partial charge in [-0.25, -0.2) is 0 Å². The largest absolute Gasteiger partial charge is 0.309 e. The molecule has 0 saturated heterocycles. The van der Waals surface area contributed by atoms with Crippen molar-refractivity contribution in [3.8, 4) is 33.6 Å². The smallest absolute Gasteiger partial charge is 0.0596 e. The van der Waals surface area contributed by atoms with E-state index in [-0.39, 0.29) is 0 Å². The van der Waals surface area contributed by atoms with E-state index < -0.39 is 0 Å². The lowest BCUT2D eigenvalue weighted by atomic mass is 9.95. The summed E-state index contributed by atoms with van der Waals surface area (Å²) in [5.41, 5.74) is 11.6. The zero-order valence-electron chi connectivity index (χ0n) is 28.1. The van der Waals surface area contributed by atoms with Crippen LogP contribution in [0.1, 0.15) is 0 Å². The van der Waals surface area contributed by atoms with Gasteiger partial charge in [-0.05, 0) is 87.6 Å². The molecule has 242 valence electrons. The van der Waals surface area contributed by atoms with Gasteiger partial charge in [0.2, 0.25) is 0 Å². The van der Waals surface area contributed by atoms with Gasteiger partial charge >= 0.3 is 0 Å². The third-order valence-corrected chi connectivity index (χ3v) is 10.7. The van der Waals surface area contributed by atoms with Crippen molar-refractivity contribution in [1.29, 1.82) is 0 Å². The molecule has 0 aliphatic heterocycles. The number of hydrogen-bond acceptors (Lipinski definition) is 2. The Hall–Kier alpha value is -7.04. The number of benzene rings is 8. The average Bonchev–Trinajstić information content (AvgIpc) is 3.72. The van der Waals surface area contributed by atoms with E-state index in [1.807, 2.05) is 12.4 Å². The number of hydrogen-bond donors (Lipinski definition) is 0. The van der Waals surface area contributed by atoms with Gasteiger partial charge in [-0.3, -0.25) is 0 Å². The highest BCUT2D eigenvalue weighted by atomic mass is 15.1. The Morgan fingerprint density at radius 3 is 1.87 bits per heavy atom. The Balaban J connectivity index is 1.20. The van der Waals surface area contributed by atoms with Crippen LogP contribution in [0.2, 0.25) is 0 Å². The van der Waals surface area contributed by atoms with Crippen molar-refractivity contribution in [2.24, 2.45) is 0 Å². The number of nitrogens with zero attached hydrogens (tertiary/aromatic N) is 4. The molecule has 0 unspecified atom stereocenters. The van der Waals surface area contributed by atoms with Crippen molar-refractivity contribution in [1.82, 2.24) is 19.3 Å². The van der Waals surface area contributed by atoms with Crippen molar-refractivity contribution in [3.63, 3.8) is 0 Å². The van der Waals surface area contributed by atoms with Crippen molar-refractivity contribution >= 4 is 65.2 Å². The maximum Gasteiger partial charge on any atom is 0.0596 e. The first-order valence-electron chi connectivity index (χ1n) is 17.7. The molecule has 8 aromatic carbocycles. The minimum atomic E-state index is 1.05. The fourth-order valence-electron chi connectivity index (χ4n) is 8.39. The second-order valence-electron chi connectivity index (χ2n) is 13.5. The Bertz CT molecular complexity index is 3170. The first-order chi connectivity index (χ1) is 25.8. The molecule has 0 fully saturated rings. The molecule has 52 heavy (non-hydrogen) atoms. The van der Waals surface area contributed by atoms with E-state index in [2.05, 4.69) is 189 Å². The zero-order chi connectivity index (χ0) is 34.2. The predicted octanol–water partition coefficient (Wildman–Crippen LogP) is 12.3. The molecular formula is C48H30N4. The molecule has 4 heteroatoms. The van der Waals surface area contributed by atoms with Crippen LogP contribution < -0.4 is 0 Å². The molecule has 11 aromatic rings. The van der Waals surface area contributed by atoms with Gasteiger partial charge in [-0.15, -0.1) is 0 Å². The zero-order valence-corrected chi connectivity index (χ0v) is 28.1. The van der Waals surface area contributed by atoms with E-state index in [0.29, 0.717) is 0 Å². The van der Waals surface area contributed by atoms with E-state index in [1.54, 1.807) is 0 Å². The van der Waals surface area contributed by atoms with Crippen molar-refractivity contribution in [2.75, 3.05) is 0 Å². The molecule has 0 saturated carbocycles. The van der Waals surface area contributed by atoms with Crippen LogP contribution in [-0.2, 0) is 0 Å². The Labute approximate surface area is 299 Å². The summed E-state index contributed by atoms with van der Waals surface area (Å²) in [4.78, 5) is 0. The van der Waals surface area contributed by atoms with Crippen molar-refractivity contribution < 1.29 is 0 Å². The van der Waals surface area contributed by atoms with Gasteiger partial charge in [-0.1, -0.05) is 115 Å². The van der Waals surface area contributed by atoms with E-state index in [1.165, 1.54) is 60.0 Å². The van der Waals surface area contributed by atoms with Crippen LogP contribution in [0, 0.1) is 0 Å². The van der Waals surface area contributed by atoms with Gasteiger partial charge < -0.3 is 9.13 Å². The Kier molecular flexibility index (Phi) is 6.22. The van der Waals surface area contributed by atoms with Crippen LogP contribution in [0.15, 0.2) is 182 Å². The molecule has 11 rings (SSSR count). The Morgan fingerprint density at radius 1 is 0.346 bits per heavy atom. The van der Waals surface area contributed by atoms with Crippen LogP contribution in [0.5, 0.6) is 0 Å². The summed E-state index contributed by atoms with van der Waals surface area (Å²) in [5, 5.41) is 18.4. The highest BCUT2D eigenvalue weighted by molar-refractivity contribution is 6.19. The fourth-order valence-corrected chi connectivity index (χ4v) is 8.39. The first kappa shape index (κ1) is 28.8. The molecule has 3 heterocycles. The van der Waals surface area contributed by atoms with E-state index in [4.69, 9.17) is 0 Å². The number of fused-ring (bicyclic) bond motifs is 8. The summed E-state index contributed by atoms with van der Waals surface area (Å²) >= 11 is 0.